The van der Waals surface area contributed by atoms with Gasteiger partial charge < -0.3 is 4.57 Å². The van der Waals surface area contributed by atoms with Crippen LogP contribution in [0, 0.1) is 11.3 Å². The first kappa shape index (κ1) is 20.3. The number of hydrogen-bond acceptors (Lipinski definition) is 7. The number of nitrogens with zero attached hydrogens (tertiary/aromatic N) is 4. The molecule has 5 rings (SSSR count). The van der Waals surface area contributed by atoms with Gasteiger partial charge in [-0.05, 0) is 37.1 Å². The summed E-state index contributed by atoms with van der Waals surface area (Å²) in [7, 11) is -3.98. The second-order valence-electron chi connectivity index (χ2n) is 7.90. The lowest BCUT2D eigenvalue weighted by molar-refractivity contribution is 0.0971. The lowest BCUT2D eigenvalue weighted by Gasteiger charge is -2.19. The first-order valence-electron chi connectivity index (χ1n) is 10.3. The van der Waals surface area contributed by atoms with Crippen molar-refractivity contribution in [1.29, 1.82) is 5.26 Å². The predicted molar refractivity (Wildman–Crippen MR) is 112 cm³/mol. The number of hydrogen-bond donors (Lipinski definition) is 0. The van der Waals surface area contributed by atoms with Crippen LogP contribution in [0.1, 0.15) is 63.1 Å². The van der Waals surface area contributed by atoms with Crippen molar-refractivity contribution in [3.63, 3.8) is 0 Å². The fraction of sp³-hybridized carbons (Fsp3) is 0.261. The Morgan fingerprint density at radius 1 is 1.03 bits per heavy atom. The topological polar surface area (TPSA) is 123 Å². The summed E-state index contributed by atoms with van der Waals surface area (Å²) < 4.78 is 28.1. The number of carbonyl (C=O) groups is 2. The highest BCUT2D eigenvalue weighted by molar-refractivity contribution is 7.91. The highest BCUT2D eigenvalue weighted by Crippen LogP contribution is 2.35. The number of aryl methyl sites for hydroxylation is 1. The number of rotatable bonds is 3. The molecule has 9 heteroatoms. The van der Waals surface area contributed by atoms with E-state index in [1.807, 2.05) is 10.6 Å². The lowest BCUT2D eigenvalue weighted by atomic mass is 9.95. The molecule has 2 aromatic carbocycles. The summed E-state index contributed by atoms with van der Waals surface area (Å²) in [6.45, 7) is 0.632. The Kier molecular flexibility index (Phi) is 4.75. The highest BCUT2D eigenvalue weighted by Gasteiger charge is 2.36. The van der Waals surface area contributed by atoms with E-state index in [-0.39, 0.29) is 32.3 Å². The Morgan fingerprint density at radius 3 is 2.62 bits per heavy atom. The van der Waals surface area contributed by atoms with Crippen LogP contribution in [-0.2, 0) is 22.8 Å². The van der Waals surface area contributed by atoms with Gasteiger partial charge in [0, 0.05) is 29.7 Å². The van der Waals surface area contributed by atoms with Gasteiger partial charge in [-0.3, -0.25) is 9.59 Å². The summed E-state index contributed by atoms with van der Waals surface area (Å²) in [6.07, 6.45) is 3.65. The van der Waals surface area contributed by atoms with E-state index in [2.05, 4.69) is 10.2 Å². The first-order chi connectivity index (χ1) is 15.4. The van der Waals surface area contributed by atoms with Crippen molar-refractivity contribution in [2.75, 3.05) is 0 Å². The van der Waals surface area contributed by atoms with Crippen molar-refractivity contribution in [3.05, 3.63) is 70.8 Å². The summed E-state index contributed by atoms with van der Waals surface area (Å²) in [6, 6.07) is 12.0. The van der Waals surface area contributed by atoms with E-state index in [1.165, 1.54) is 30.3 Å². The fourth-order valence-corrected chi connectivity index (χ4v) is 6.04. The molecule has 0 N–H and O–H groups in total. The second kappa shape index (κ2) is 7.50. The van der Waals surface area contributed by atoms with Crippen molar-refractivity contribution in [2.45, 2.75) is 47.9 Å². The predicted octanol–water partition coefficient (Wildman–Crippen LogP) is 2.87. The summed E-state index contributed by atoms with van der Waals surface area (Å²) in [4.78, 5) is 25.8. The molecule has 2 aliphatic heterocycles. The van der Waals surface area contributed by atoms with Crippen LogP contribution in [0.2, 0.25) is 0 Å². The van der Waals surface area contributed by atoms with E-state index in [0.717, 1.165) is 31.5 Å². The van der Waals surface area contributed by atoms with Crippen molar-refractivity contribution in [1.82, 2.24) is 14.8 Å². The molecule has 0 amide bonds. The average molecular weight is 446 g/mol. The molecular formula is C23H18N4O4S. The number of ketones is 2. The third-order valence-corrected chi connectivity index (χ3v) is 7.86. The number of nitriles is 1. The molecule has 0 fully saturated rings. The Bertz CT molecular complexity index is 1430. The van der Waals surface area contributed by atoms with Crippen molar-refractivity contribution in [3.8, 4) is 6.07 Å². The number of Topliss-reactive ketones (excluding diaryl/α,β-unsaturated/α-hetero) is 1. The number of fused-ring (bicyclic) bond motifs is 3. The molecule has 0 radical (unpaired) electrons. The van der Waals surface area contributed by atoms with Crippen LogP contribution in [0.4, 0.5) is 0 Å². The van der Waals surface area contributed by atoms with Gasteiger partial charge in [-0.25, -0.2) is 8.42 Å². The monoisotopic (exact) mass is 446 g/mol. The quantitative estimate of drug-likeness (QED) is 0.443. The van der Waals surface area contributed by atoms with Crippen molar-refractivity contribution in [2.24, 2.45) is 0 Å². The summed E-state index contributed by atoms with van der Waals surface area (Å²) >= 11 is 0. The molecule has 3 heterocycles. The van der Waals surface area contributed by atoms with E-state index >= 15 is 0 Å². The normalized spacial score (nSPS) is 17.3. The lowest BCUT2D eigenvalue weighted by Crippen LogP contribution is -2.22. The minimum atomic E-state index is -3.98. The maximum atomic E-state index is 13.3. The minimum Gasteiger partial charge on any atom is -0.313 e. The summed E-state index contributed by atoms with van der Waals surface area (Å²) in [5.74, 6) is -1.18. The molecule has 32 heavy (non-hydrogen) atoms. The Hall–Kier alpha value is -3.64. The number of carbonyl (C=O) groups excluding carboxylic acids is 2. The Labute approximate surface area is 184 Å². The smallest absolute Gasteiger partial charge is 0.208 e. The molecule has 1 atom stereocenters. The molecule has 1 unspecified atom stereocenters. The molecule has 8 nitrogen and oxygen atoms in total. The van der Waals surface area contributed by atoms with Gasteiger partial charge in [-0.15, -0.1) is 10.2 Å². The zero-order valence-electron chi connectivity index (χ0n) is 17.0. The van der Waals surface area contributed by atoms with E-state index in [9.17, 15) is 23.3 Å². The van der Waals surface area contributed by atoms with Gasteiger partial charge in [-0.2, -0.15) is 5.26 Å². The Balaban J connectivity index is 1.58. The Morgan fingerprint density at radius 2 is 1.81 bits per heavy atom. The molecule has 0 bridgehead atoms. The SMILES string of the molecule is N#CC(C(=O)c1ccc2c(c1)S(=O)(=O)c1ccccc1C2=O)c1nnc2n1CCCCC2. The summed E-state index contributed by atoms with van der Waals surface area (Å²) in [5, 5.41) is 18.1. The van der Waals surface area contributed by atoms with Crippen LogP contribution in [0.3, 0.4) is 0 Å². The van der Waals surface area contributed by atoms with Crippen LogP contribution >= 0.6 is 0 Å². The molecule has 160 valence electrons. The van der Waals surface area contributed by atoms with Gasteiger partial charge in [0.05, 0.1) is 15.9 Å². The van der Waals surface area contributed by atoms with Crippen LogP contribution in [0.15, 0.2) is 52.3 Å². The average Bonchev–Trinajstić information content (AvgIpc) is 3.05. The molecule has 0 aliphatic carbocycles. The van der Waals surface area contributed by atoms with Gasteiger partial charge in [0.15, 0.2) is 23.3 Å². The van der Waals surface area contributed by atoms with Crippen LogP contribution in [0.5, 0.6) is 0 Å². The van der Waals surface area contributed by atoms with Crippen LogP contribution < -0.4 is 0 Å². The maximum Gasteiger partial charge on any atom is 0.208 e. The van der Waals surface area contributed by atoms with E-state index < -0.39 is 27.3 Å². The molecule has 1 aromatic heterocycles. The molecule has 3 aromatic rings. The van der Waals surface area contributed by atoms with E-state index in [0.29, 0.717) is 6.54 Å². The zero-order chi connectivity index (χ0) is 22.5. The van der Waals surface area contributed by atoms with E-state index in [1.54, 1.807) is 12.1 Å². The summed E-state index contributed by atoms with van der Waals surface area (Å²) in [5.41, 5.74) is 0.169. The van der Waals surface area contributed by atoms with Crippen LogP contribution in [0.25, 0.3) is 0 Å². The maximum absolute atomic E-state index is 13.3. The molecule has 0 saturated heterocycles. The van der Waals surface area contributed by atoms with Crippen molar-refractivity contribution >= 4 is 21.4 Å². The van der Waals surface area contributed by atoms with Crippen LogP contribution in [-0.4, -0.2) is 34.7 Å². The highest BCUT2D eigenvalue weighted by atomic mass is 32.2. The molecule has 2 aliphatic rings. The standard InChI is InChI=1S/C23H18N4O4S/c24-13-17(23-26-25-20-8-2-1-5-11-27(20)23)21(28)14-9-10-16-19(12-14)32(30,31)18-7-4-3-6-15(18)22(16)29/h3-4,6-7,9-10,12,17H,1-2,5,8,11H2. The molecule has 0 spiro atoms. The minimum absolute atomic E-state index is 0.0186. The van der Waals surface area contributed by atoms with Gasteiger partial charge in [0.1, 0.15) is 5.82 Å². The molecule has 0 saturated carbocycles. The zero-order valence-corrected chi connectivity index (χ0v) is 17.8. The van der Waals surface area contributed by atoms with Gasteiger partial charge >= 0.3 is 0 Å². The molecular weight excluding hydrogens is 428 g/mol. The number of benzene rings is 2. The fourth-order valence-electron chi connectivity index (χ4n) is 4.36. The third kappa shape index (κ3) is 2.99. The third-order valence-electron chi connectivity index (χ3n) is 6.01. The largest absolute Gasteiger partial charge is 0.313 e. The van der Waals surface area contributed by atoms with Gasteiger partial charge in [0.2, 0.25) is 9.84 Å². The number of aromatic nitrogens is 3. The first-order valence-corrected chi connectivity index (χ1v) is 11.8. The second-order valence-corrected chi connectivity index (χ2v) is 9.79. The van der Waals surface area contributed by atoms with Crippen molar-refractivity contribution < 1.29 is 18.0 Å². The van der Waals surface area contributed by atoms with Gasteiger partial charge in [0.25, 0.3) is 0 Å². The van der Waals surface area contributed by atoms with Gasteiger partial charge in [-0.1, -0.05) is 24.6 Å². The number of sulfone groups is 1. The van der Waals surface area contributed by atoms with E-state index in [4.69, 9.17) is 0 Å².